The van der Waals surface area contributed by atoms with Crippen LogP contribution in [0.3, 0.4) is 0 Å². The van der Waals surface area contributed by atoms with E-state index in [1.54, 1.807) is 12.1 Å². The fourth-order valence-corrected chi connectivity index (χ4v) is 4.66. The molecule has 0 radical (unpaired) electrons. The minimum atomic E-state index is -5.03. The van der Waals surface area contributed by atoms with E-state index in [-0.39, 0.29) is 22.2 Å². The molecule has 4 rings (SSSR count). The summed E-state index contributed by atoms with van der Waals surface area (Å²) in [6.45, 7) is -2.02. The predicted octanol–water partition coefficient (Wildman–Crippen LogP) is 6.07. The molecule has 1 amide bonds. The number of aliphatic hydroxyl groups excluding tert-OH is 1. The van der Waals surface area contributed by atoms with E-state index < -0.39 is 71.0 Å². The highest BCUT2D eigenvalue weighted by atomic mass is 35.5. The number of aliphatic hydroxyl groups is 1. The summed E-state index contributed by atoms with van der Waals surface area (Å²) >= 11 is 11.5. The number of alkyl halides is 6. The summed E-state index contributed by atoms with van der Waals surface area (Å²) in [4.78, 5) is 17.8. The molecule has 1 heterocycles. The molecule has 0 spiro atoms. The normalized spacial score (nSPS) is 18.4. The monoisotopic (exact) mass is 611 g/mol. The molecule has 40 heavy (non-hydrogen) atoms. The van der Waals surface area contributed by atoms with Crippen molar-refractivity contribution in [3.63, 3.8) is 0 Å². The van der Waals surface area contributed by atoms with Crippen LogP contribution >= 0.6 is 23.2 Å². The molecule has 2 atom stereocenters. The van der Waals surface area contributed by atoms with Crippen LogP contribution in [0.1, 0.15) is 27.9 Å². The Kier molecular flexibility index (Phi) is 8.23. The van der Waals surface area contributed by atoms with Gasteiger partial charge in [-0.1, -0.05) is 58.7 Å². The van der Waals surface area contributed by atoms with Crippen LogP contribution in [-0.4, -0.2) is 48.4 Å². The quantitative estimate of drug-likeness (QED) is 0.172. The minimum absolute atomic E-state index is 0.0427. The number of carbonyl (C=O) groups excluding carboxylic acids is 1. The van der Waals surface area contributed by atoms with Gasteiger partial charge in [0.05, 0.1) is 28.8 Å². The molecule has 6 nitrogen and oxygen atoms in total. The molecule has 0 aromatic heterocycles. The van der Waals surface area contributed by atoms with Crippen LogP contribution in [0.4, 0.5) is 30.7 Å². The van der Waals surface area contributed by atoms with Gasteiger partial charge in [0.25, 0.3) is 11.5 Å². The van der Waals surface area contributed by atoms with Gasteiger partial charge in [0, 0.05) is 23.1 Å². The van der Waals surface area contributed by atoms with Crippen LogP contribution in [0, 0.1) is 5.82 Å². The summed E-state index contributed by atoms with van der Waals surface area (Å²) in [5.74, 6) is -1.84. The first-order valence-corrected chi connectivity index (χ1v) is 12.1. The zero-order valence-corrected chi connectivity index (χ0v) is 21.4. The second kappa shape index (κ2) is 11.0. The van der Waals surface area contributed by atoms with Crippen LogP contribution in [0.5, 0.6) is 0 Å². The second-order valence-electron chi connectivity index (χ2n) is 8.81. The first kappa shape index (κ1) is 29.8. The highest BCUT2D eigenvalue weighted by Crippen LogP contribution is 2.50. The van der Waals surface area contributed by atoms with E-state index in [1.165, 1.54) is 24.3 Å². The molecule has 1 aliphatic heterocycles. The Labute approximate surface area is 231 Å². The average molecular weight is 612 g/mol. The third kappa shape index (κ3) is 5.97. The van der Waals surface area contributed by atoms with E-state index >= 15 is 0 Å². The molecule has 0 aliphatic carbocycles. The van der Waals surface area contributed by atoms with Crippen molar-refractivity contribution < 1.29 is 45.5 Å². The standard InChI is InChI=1S/C25H18Cl2F7N3O3/c26-17-7-12(8-18(27)21(17)28)23(25(32,33)34)9-19(37-40-23)15-5-6-16(14-4-2-1-3-13(14)15)22(39)35-10-20(38)36-11-24(29,30)31/h1-8,20,36,38H,9-11H2,(H,35,39). The molecule has 1 aliphatic rings. The number of amides is 1. The zero-order valence-electron chi connectivity index (χ0n) is 19.9. The van der Waals surface area contributed by atoms with Crippen LogP contribution in [0.2, 0.25) is 10.0 Å². The number of hydrogen-bond acceptors (Lipinski definition) is 5. The number of benzene rings is 3. The Balaban J connectivity index is 1.63. The van der Waals surface area contributed by atoms with E-state index in [2.05, 4.69) is 10.5 Å². The molecule has 214 valence electrons. The van der Waals surface area contributed by atoms with Gasteiger partial charge in [0.1, 0.15) is 6.23 Å². The summed E-state index contributed by atoms with van der Waals surface area (Å²) < 4.78 is 94.0. The summed E-state index contributed by atoms with van der Waals surface area (Å²) in [6.07, 6.45) is -12.1. The van der Waals surface area contributed by atoms with Crippen LogP contribution < -0.4 is 10.6 Å². The van der Waals surface area contributed by atoms with E-state index in [4.69, 9.17) is 28.0 Å². The first-order chi connectivity index (χ1) is 18.6. The third-order valence-corrected chi connectivity index (χ3v) is 6.66. The van der Waals surface area contributed by atoms with Crippen LogP contribution in [-0.2, 0) is 10.4 Å². The van der Waals surface area contributed by atoms with E-state index in [9.17, 15) is 40.6 Å². The third-order valence-electron chi connectivity index (χ3n) is 6.11. The molecule has 2 unspecified atom stereocenters. The van der Waals surface area contributed by atoms with Gasteiger partial charge in [0.15, 0.2) is 5.82 Å². The Morgan fingerprint density at radius 1 is 1.05 bits per heavy atom. The first-order valence-electron chi connectivity index (χ1n) is 11.4. The summed E-state index contributed by atoms with van der Waals surface area (Å²) in [5.41, 5.74) is -3.48. The van der Waals surface area contributed by atoms with E-state index in [0.717, 1.165) is 12.1 Å². The Bertz CT molecular complexity index is 1460. The zero-order chi connectivity index (χ0) is 29.5. The van der Waals surface area contributed by atoms with Gasteiger partial charge in [0.2, 0.25) is 0 Å². The fraction of sp³-hybridized carbons (Fsp3) is 0.280. The average Bonchev–Trinajstić information content (AvgIpc) is 3.35. The van der Waals surface area contributed by atoms with Crippen molar-refractivity contribution in [2.75, 3.05) is 13.1 Å². The lowest BCUT2D eigenvalue weighted by Crippen LogP contribution is -2.44. The molecule has 15 heteroatoms. The molecule has 0 fully saturated rings. The summed E-state index contributed by atoms with van der Waals surface area (Å²) in [7, 11) is 0. The lowest BCUT2D eigenvalue weighted by Gasteiger charge is -2.29. The number of fused-ring (bicyclic) bond motifs is 1. The molecule has 0 saturated carbocycles. The topological polar surface area (TPSA) is 83.0 Å². The van der Waals surface area contributed by atoms with Gasteiger partial charge >= 0.3 is 12.4 Å². The fourth-order valence-electron chi connectivity index (χ4n) is 4.18. The SMILES string of the molecule is O=C(NCC(O)NCC(F)(F)F)c1ccc(C2=NOC(c3cc(Cl)c(F)c(Cl)c3)(C(F)(F)F)C2)c2ccccc12. The maximum absolute atomic E-state index is 14.4. The number of nitrogens with zero attached hydrogens (tertiary/aromatic N) is 1. The maximum Gasteiger partial charge on any atom is 0.435 e. The minimum Gasteiger partial charge on any atom is -0.377 e. The van der Waals surface area contributed by atoms with Gasteiger partial charge < -0.3 is 15.3 Å². The number of halogens is 9. The van der Waals surface area contributed by atoms with Crippen molar-refractivity contribution in [1.29, 1.82) is 0 Å². The molecule has 3 aromatic carbocycles. The lowest BCUT2D eigenvalue weighted by molar-refractivity contribution is -0.275. The van der Waals surface area contributed by atoms with Crippen LogP contribution in [0.15, 0.2) is 53.7 Å². The van der Waals surface area contributed by atoms with Crippen molar-refractivity contribution in [3.05, 3.63) is 81.1 Å². The van der Waals surface area contributed by atoms with Gasteiger partial charge in [-0.05, 0) is 29.0 Å². The van der Waals surface area contributed by atoms with Gasteiger partial charge in [-0.25, -0.2) is 4.39 Å². The number of nitrogens with one attached hydrogen (secondary N) is 2. The second-order valence-corrected chi connectivity index (χ2v) is 9.63. The van der Waals surface area contributed by atoms with Crippen molar-refractivity contribution in [2.24, 2.45) is 5.16 Å². The van der Waals surface area contributed by atoms with Gasteiger partial charge in [-0.15, -0.1) is 0 Å². The molecule has 3 N–H and O–H groups in total. The number of carbonyl (C=O) groups is 1. The highest BCUT2D eigenvalue weighted by Gasteiger charge is 2.62. The van der Waals surface area contributed by atoms with Crippen molar-refractivity contribution in [3.8, 4) is 0 Å². The molecular formula is C25H18Cl2F7N3O3. The number of oxime groups is 1. The van der Waals surface area contributed by atoms with Crippen molar-refractivity contribution in [2.45, 2.75) is 30.6 Å². The largest absolute Gasteiger partial charge is 0.435 e. The Morgan fingerprint density at radius 3 is 2.27 bits per heavy atom. The molecule has 0 bridgehead atoms. The smallest absolute Gasteiger partial charge is 0.377 e. The summed E-state index contributed by atoms with van der Waals surface area (Å²) in [6, 6.07) is 10.3. The van der Waals surface area contributed by atoms with Crippen molar-refractivity contribution in [1.82, 2.24) is 10.6 Å². The maximum atomic E-state index is 14.4. The number of rotatable bonds is 7. The Morgan fingerprint density at radius 2 is 1.68 bits per heavy atom. The Hall–Kier alpha value is -3.13. The molecule has 3 aromatic rings. The highest BCUT2D eigenvalue weighted by molar-refractivity contribution is 6.35. The predicted molar refractivity (Wildman–Crippen MR) is 133 cm³/mol. The molecular weight excluding hydrogens is 594 g/mol. The van der Waals surface area contributed by atoms with E-state index in [0.29, 0.717) is 5.39 Å². The van der Waals surface area contributed by atoms with Gasteiger partial charge in [-0.2, -0.15) is 26.3 Å². The van der Waals surface area contributed by atoms with Crippen LogP contribution in [0.25, 0.3) is 10.8 Å². The van der Waals surface area contributed by atoms with Gasteiger partial charge in [-0.3, -0.25) is 10.1 Å². The van der Waals surface area contributed by atoms with E-state index in [1.807, 2.05) is 5.32 Å². The van der Waals surface area contributed by atoms with Crippen molar-refractivity contribution >= 4 is 45.6 Å². The molecule has 0 saturated heterocycles. The lowest BCUT2D eigenvalue weighted by atomic mass is 9.85. The number of hydrogen-bond donors (Lipinski definition) is 3. The summed E-state index contributed by atoms with van der Waals surface area (Å²) in [5, 5.41) is 16.8.